The summed E-state index contributed by atoms with van der Waals surface area (Å²) < 4.78 is 5.13. The van der Waals surface area contributed by atoms with Crippen LogP contribution in [0.2, 0.25) is 0 Å². The number of aromatic nitrogens is 3. The molecular weight excluding hydrogens is 388 g/mol. The molecule has 0 aliphatic carbocycles. The molecule has 0 aliphatic heterocycles. The van der Waals surface area contributed by atoms with E-state index in [9.17, 15) is 14.9 Å². The molecule has 10 nitrogen and oxygen atoms in total. The molecule has 156 valence electrons. The Morgan fingerprint density at radius 3 is 2.57 bits per heavy atom. The molecule has 0 aliphatic rings. The van der Waals surface area contributed by atoms with Gasteiger partial charge in [-0.1, -0.05) is 0 Å². The van der Waals surface area contributed by atoms with Crippen molar-refractivity contribution in [3.8, 4) is 17.1 Å². The van der Waals surface area contributed by atoms with E-state index in [1.807, 2.05) is 24.3 Å². The number of benzene rings is 2. The lowest BCUT2D eigenvalue weighted by Gasteiger charge is -2.06. The number of nitrogens with one attached hydrogen (secondary N) is 3. The van der Waals surface area contributed by atoms with E-state index in [0.717, 1.165) is 17.0 Å². The Labute approximate surface area is 172 Å². The summed E-state index contributed by atoms with van der Waals surface area (Å²) in [5, 5.41) is 23.6. The number of hydrogen-bond donors (Lipinski definition) is 3. The van der Waals surface area contributed by atoms with Crippen molar-refractivity contribution in [2.75, 3.05) is 19.0 Å². The maximum absolute atomic E-state index is 12.0. The highest BCUT2D eigenvalue weighted by Crippen LogP contribution is 2.19. The molecule has 0 atom stereocenters. The van der Waals surface area contributed by atoms with E-state index in [4.69, 9.17) is 4.74 Å². The fourth-order valence-corrected chi connectivity index (χ4v) is 2.70. The number of non-ortho nitro benzene ring substituents is 1. The average molecular weight is 410 g/mol. The topological polar surface area (TPSA) is 135 Å². The molecule has 10 heteroatoms. The zero-order valence-electron chi connectivity index (χ0n) is 16.4. The minimum Gasteiger partial charge on any atom is -0.497 e. The zero-order chi connectivity index (χ0) is 21.3. The monoisotopic (exact) mass is 410 g/mol. The van der Waals surface area contributed by atoms with Crippen molar-refractivity contribution in [3.63, 3.8) is 0 Å². The SMILES string of the molecule is COc1ccc(-c2n[nH]c(CNC(=O)CCCNc3ccc([N+](=O)[O-])cc3)n2)cc1. The molecule has 1 amide bonds. The van der Waals surface area contributed by atoms with Gasteiger partial charge >= 0.3 is 0 Å². The minimum absolute atomic E-state index is 0.0440. The largest absolute Gasteiger partial charge is 0.497 e. The number of nitro benzene ring substituents is 1. The van der Waals surface area contributed by atoms with Crippen LogP contribution in [0.25, 0.3) is 11.4 Å². The van der Waals surface area contributed by atoms with Gasteiger partial charge in [-0.05, 0) is 42.8 Å². The molecule has 3 aromatic rings. The fourth-order valence-electron chi connectivity index (χ4n) is 2.70. The molecule has 3 rings (SSSR count). The molecule has 0 unspecified atom stereocenters. The lowest BCUT2D eigenvalue weighted by molar-refractivity contribution is -0.384. The van der Waals surface area contributed by atoms with Gasteiger partial charge in [0.2, 0.25) is 5.91 Å². The molecule has 3 N–H and O–H groups in total. The van der Waals surface area contributed by atoms with Crippen LogP contribution < -0.4 is 15.4 Å². The second kappa shape index (κ2) is 10.0. The quantitative estimate of drug-likeness (QED) is 0.266. The van der Waals surface area contributed by atoms with Gasteiger partial charge in [0.15, 0.2) is 5.82 Å². The van der Waals surface area contributed by atoms with E-state index in [0.29, 0.717) is 31.0 Å². The summed E-state index contributed by atoms with van der Waals surface area (Å²) in [4.78, 5) is 26.6. The second-order valence-corrected chi connectivity index (χ2v) is 6.45. The van der Waals surface area contributed by atoms with Crippen molar-refractivity contribution in [2.45, 2.75) is 19.4 Å². The van der Waals surface area contributed by atoms with Gasteiger partial charge in [-0.3, -0.25) is 20.0 Å². The first-order valence-corrected chi connectivity index (χ1v) is 9.36. The predicted octanol–water partition coefficient (Wildman–Crippen LogP) is 2.90. The second-order valence-electron chi connectivity index (χ2n) is 6.45. The van der Waals surface area contributed by atoms with Crippen LogP contribution in [0.5, 0.6) is 5.75 Å². The van der Waals surface area contributed by atoms with Gasteiger partial charge < -0.3 is 15.4 Å². The highest BCUT2D eigenvalue weighted by molar-refractivity contribution is 5.75. The molecular formula is C20H22N6O4. The molecule has 30 heavy (non-hydrogen) atoms. The number of carbonyl (C=O) groups is 1. The summed E-state index contributed by atoms with van der Waals surface area (Å²) in [5.41, 5.74) is 1.66. The summed E-state index contributed by atoms with van der Waals surface area (Å²) in [7, 11) is 1.61. The third-order valence-electron chi connectivity index (χ3n) is 4.32. The van der Waals surface area contributed by atoms with Gasteiger partial charge in [0.25, 0.3) is 5.69 Å². The van der Waals surface area contributed by atoms with Crippen LogP contribution >= 0.6 is 0 Å². The average Bonchev–Trinajstić information content (AvgIpc) is 3.25. The number of nitrogens with zero attached hydrogens (tertiary/aromatic N) is 3. The van der Waals surface area contributed by atoms with E-state index in [1.165, 1.54) is 12.1 Å². The zero-order valence-corrected chi connectivity index (χ0v) is 16.4. The number of rotatable bonds is 10. The standard InChI is InChI=1S/C20H22N6O4/c1-30-17-10-4-14(5-11-17)20-23-18(24-25-20)13-22-19(27)3-2-12-21-15-6-8-16(9-7-15)26(28)29/h4-11,21H,2-3,12-13H2,1H3,(H,22,27)(H,23,24,25). The summed E-state index contributed by atoms with van der Waals surface area (Å²) in [6.07, 6.45) is 0.968. The fraction of sp³-hybridized carbons (Fsp3) is 0.250. The Balaban J connectivity index is 1.37. The van der Waals surface area contributed by atoms with Crippen LogP contribution in [0.1, 0.15) is 18.7 Å². The van der Waals surface area contributed by atoms with Gasteiger partial charge in [0.05, 0.1) is 18.6 Å². The van der Waals surface area contributed by atoms with Crippen LogP contribution in [0.4, 0.5) is 11.4 Å². The number of H-pyrrole nitrogens is 1. The lowest BCUT2D eigenvalue weighted by Crippen LogP contribution is -2.23. The van der Waals surface area contributed by atoms with Crippen molar-refractivity contribution in [1.82, 2.24) is 20.5 Å². The first-order valence-electron chi connectivity index (χ1n) is 9.36. The lowest BCUT2D eigenvalue weighted by atomic mass is 10.2. The number of methoxy groups -OCH3 is 1. The van der Waals surface area contributed by atoms with Crippen molar-refractivity contribution in [3.05, 3.63) is 64.5 Å². The minimum atomic E-state index is -0.442. The van der Waals surface area contributed by atoms with E-state index < -0.39 is 4.92 Å². The van der Waals surface area contributed by atoms with E-state index >= 15 is 0 Å². The van der Waals surface area contributed by atoms with Crippen molar-refractivity contribution < 1.29 is 14.5 Å². The number of hydrogen-bond acceptors (Lipinski definition) is 7. The maximum atomic E-state index is 12.0. The molecule has 0 saturated heterocycles. The van der Waals surface area contributed by atoms with Crippen LogP contribution in [0, 0.1) is 10.1 Å². The van der Waals surface area contributed by atoms with Crippen molar-refractivity contribution >= 4 is 17.3 Å². The summed E-state index contributed by atoms with van der Waals surface area (Å²) in [6.45, 7) is 0.840. The predicted molar refractivity (Wildman–Crippen MR) is 111 cm³/mol. The molecule has 0 bridgehead atoms. The van der Waals surface area contributed by atoms with Gasteiger partial charge in [0, 0.05) is 36.3 Å². The first kappa shape index (κ1) is 20.8. The highest BCUT2D eigenvalue weighted by Gasteiger charge is 2.08. The van der Waals surface area contributed by atoms with Crippen molar-refractivity contribution in [1.29, 1.82) is 0 Å². The Bertz CT molecular complexity index is 985. The smallest absolute Gasteiger partial charge is 0.269 e. The molecule has 1 heterocycles. The Kier molecular flexibility index (Phi) is 6.93. The van der Waals surface area contributed by atoms with Crippen molar-refractivity contribution in [2.24, 2.45) is 0 Å². The third-order valence-corrected chi connectivity index (χ3v) is 4.32. The van der Waals surface area contributed by atoms with E-state index in [-0.39, 0.29) is 18.1 Å². The molecule has 0 saturated carbocycles. The molecule has 0 fully saturated rings. The Morgan fingerprint density at radius 1 is 1.17 bits per heavy atom. The van der Waals surface area contributed by atoms with Crippen LogP contribution in [0.15, 0.2) is 48.5 Å². The van der Waals surface area contributed by atoms with Gasteiger partial charge in [-0.25, -0.2) is 4.98 Å². The maximum Gasteiger partial charge on any atom is 0.269 e. The first-order chi connectivity index (χ1) is 14.5. The number of aromatic amines is 1. The van der Waals surface area contributed by atoms with Crippen LogP contribution in [-0.2, 0) is 11.3 Å². The summed E-state index contributed by atoms with van der Waals surface area (Å²) in [6, 6.07) is 13.5. The van der Waals surface area contributed by atoms with E-state index in [2.05, 4.69) is 25.8 Å². The van der Waals surface area contributed by atoms with Crippen LogP contribution in [0.3, 0.4) is 0 Å². The molecule has 2 aromatic carbocycles. The van der Waals surface area contributed by atoms with Gasteiger partial charge in [0.1, 0.15) is 11.6 Å². The van der Waals surface area contributed by atoms with Gasteiger partial charge in [-0.2, -0.15) is 5.10 Å². The normalized spacial score (nSPS) is 10.4. The number of nitro groups is 1. The Morgan fingerprint density at radius 2 is 1.90 bits per heavy atom. The van der Waals surface area contributed by atoms with Gasteiger partial charge in [-0.15, -0.1) is 0 Å². The highest BCUT2D eigenvalue weighted by atomic mass is 16.6. The Hall–Kier alpha value is -3.95. The van der Waals surface area contributed by atoms with Crippen LogP contribution in [-0.4, -0.2) is 39.7 Å². The number of amides is 1. The number of ether oxygens (including phenoxy) is 1. The summed E-state index contributed by atoms with van der Waals surface area (Å²) in [5.74, 6) is 1.78. The molecule has 0 spiro atoms. The molecule has 0 radical (unpaired) electrons. The van der Waals surface area contributed by atoms with E-state index in [1.54, 1.807) is 19.2 Å². The number of carbonyl (C=O) groups excluding carboxylic acids is 1. The number of anilines is 1. The summed E-state index contributed by atoms with van der Waals surface area (Å²) >= 11 is 0. The molecule has 1 aromatic heterocycles. The third kappa shape index (κ3) is 5.77.